The Morgan fingerprint density at radius 1 is 1.26 bits per heavy atom. The topological polar surface area (TPSA) is 128 Å². The van der Waals surface area contributed by atoms with Crippen LogP contribution in [0, 0.1) is 12.8 Å². The van der Waals surface area contributed by atoms with Gasteiger partial charge in [0.25, 0.3) is 5.92 Å². The van der Waals surface area contributed by atoms with Crippen molar-refractivity contribution in [3.8, 4) is 17.1 Å². The van der Waals surface area contributed by atoms with Gasteiger partial charge in [0, 0.05) is 19.9 Å². The van der Waals surface area contributed by atoms with Crippen LogP contribution in [0.2, 0.25) is 0 Å². The normalized spacial score (nSPS) is 22.0. The third-order valence-electron chi connectivity index (χ3n) is 6.22. The Morgan fingerprint density at radius 2 is 2.03 bits per heavy atom. The molecule has 2 saturated carbocycles. The van der Waals surface area contributed by atoms with Crippen molar-refractivity contribution >= 4 is 12.1 Å². The number of halogens is 2. The van der Waals surface area contributed by atoms with Crippen LogP contribution in [-0.4, -0.2) is 55.3 Å². The van der Waals surface area contributed by atoms with Gasteiger partial charge in [0.1, 0.15) is 17.5 Å². The molecule has 0 bridgehead atoms. The van der Waals surface area contributed by atoms with Gasteiger partial charge in [0.2, 0.25) is 0 Å². The minimum atomic E-state index is -2.77. The second kappa shape index (κ2) is 9.51. The fraction of sp³-hybridized carbons (Fsp3) is 0.591. The standard InChI is InChI=1S/C22H27F2N5O5/c1-12-18(33-14-5-3-4-13(8-14)20(30)31)7-6-16(26-12)19-17(29(2)28-27-19)11-25-21(32)34-15-9-22(23,24)10-15/h6-7,13-15H,3-5,8-11H2,1-2H3,(H,25,32)(H,30,31)/t13-,14-/m0/s1. The summed E-state index contributed by atoms with van der Waals surface area (Å²) in [4.78, 5) is 27.8. The maximum Gasteiger partial charge on any atom is 0.407 e. The van der Waals surface area contributed by atoms with Gasteiger partial charge in [-0.2, -0.15) is 0 Å². The average molecular weight is 479 g/mol. The molecule has 34 heavy (non-hydrogen) atoms. The van der Waals surface area contributed by atoms with Crippen LogP contribution in [0.3, 0.4) is 0 Å². The maximum absolute atomic E-state index is 12.9. The smallest absolute Gasteiger partial charge is 0.407 e. The highest BCUT2D eigenvalue weighted by molar-refractivity contribution is 5.70. The van der Waals surface area contributed by atoms with Crippen LogP contribution in [-0.2, 0) is 23.1 Å². The summed E-state index contributed by atoms with van der Waals surface area (Å²) >= 11 is 0. The Balaban J connectivity index is 1.39. The third kappa shape index (κ3) is 5.42. The highest BCUT2D eigenvalue weighted by Crippen LogP contribution is 2.39. The largest absolute Gasteiger partial charge is 0.489 e. The molecule has 184 valence electrons. The number of nitrogens with zero attached hydrogens (tertiary/aromatic N) is 4. The molecule has 0 unspecified atom stereocenters. The minimum Gasteiger partial charge on any atom is -0.489 e. The van der Waals surface area contributed by atoms with E-state index in [4.69, 9.17) is 9.47 Å². The molecule has 2 aliphatic carbocycles. The molecule has 0 aliphatic heterocycles. The molecule has 2 N–H and O–H groups in total. The van der Waals surface area contributed by atoms with E-state index in [0.717, 1.165) is 12.8 Å². The van der Waals surface area contributed by atoms with E-state index in [0.29, 0.717) is 41.4 Å². The number of pyridine rings is 1. The summed E-state index contributed by atoms with van der Waals surface area (Å²) in [7, 11) is 1.66. The number of carbonyl (C=O) groups is 2. The van der Waals surface area contributed by atoms with E-state index in [1.165, 1.54) is 4.68 Å². The first-order valence-corrected chi connectivity index (χ1v) is 11.2. The second-order valence-electron chi connectivity index (χ2n) is 8.88. The van der Waals surface area contributed by atoms with E-state index < -0.39 is 42.8 Å². The van der Waals surface area contributed by atoms with Gasteiger partial charge in [-0.25, -0.2) is 23.2 Å². The predicted molar refractivity (Wildman–Crippen MR) is 114 cm³/mol. The summed E-state index contributed by atoms with van der Waals surface area (Å²) in [5.74, 6) is -3.38. The molecule has 4 rings (SSSR count). The molecule has 2 fully saturated rings. The lowest BCUT2D eigenvalue weighted by Gasteiger charge is -2.33. The van der Waals surface area contributed by atoms with Crippen LogP contribution in [0.25, 0.3) is 11.4 Å². The SMILES string of the molecule is Cc1nc(-c2nnn(C)c2CNC(=O)OC2CC(F)(F)C2)ccc1O[C@H]1CCC[C@H](C(=O)O)C1. The summed E-state index contributed by atoms with van der Waals surface area (Å²) in [6.45, 7) is 1.81. The first-order chi connectivity index (χ1) is 16.1. The van der Waals surface area contributed by atoms with Crippen LogP contribution >= 0.6 is 0 Å². The van der Waals surface area contributed by atoms with Crippen LogP contribution in [0.1, 0.15) is 49.9 Å². The van der Waals surface area contributed by atoms with Crippen LogP contribution in [0.15, 0.2) is 12.1 Å². The zero-order valence-corrected chi connectivity index (χ0v) is 19.0. The number of carboxylic acids is 1. The highest BCUT2D eigenvalue weighted by Gasteiger charge is 2.47. The van der Waals surface area contributed by atoms with Crippen molar-refractivity contribution in [2.75, 3.05) is 0 Å². The van der Waals surface area contributed by atoms with Crippen molar-refractivity contribution in [2.24, 2.45) is 13.0 Å². The molecular weight excluding hydrogens is 452 g/mol. The summed E-state index contributed by atoms with van der Waals surface area (Å²) < 4.78 is 38.3. The molecular formula is C22H27F2N5O5. The number of alkyl halides is 2. The van der Waals surface area contributed by atoms with E-state index >= 15 is 0 Å². The molecule has 0 saturated heterocycles. The number of carboxylic acid groups (broad SMARTS) is 1. The average Bonchev–Trinajstić information content (AvgIpc) is 3.13. The number of hydrogen-bond acceptors (Lipinski definition) is 7. The molecule has 2 aliphatic rings. The summed E-state index contributed by atoms with van der Waals surface area (Å²) in [5.41, 5.74) is 2.16. The van der Waals surface area contributed by atoms with E-state index in [9.17, 15) is 23.5 Å². The Bertz CT molecular complexity index is 1070. The van der Waals surface area contributed by atoms with Gasteiger partial charge in [-0.05, 0) is 44.7 Å². The van der Waals surface area contributed by atoms with Gasteiger partial charge in [-0.3, -0.25) is 4.79 Å². The zero-order chi connectivity index (χ0) is 24.5. The molecule has 2 aromatic rings. The molecule has 10 nitrogen and oxygen atoms in total. The molecule has 12 heteroatoms. The van der Waals surface area contributed by atoms with E-state index in [2.05, 4.69) is 20.6 Å². The fourth-order valence-corrected chi connectivity index (χ4v) is 4.27. The quantitative estimate of drug-likeness (QED) is 0.619. The van der Waals surface area contributed by atoms with Crippen molar-refractivity contribution in [1.82, 2.24) is 25.3 Å². The number of amides is 1. The molecule has 2 aromatic heterocycles. The van der Waals surface area contributed by atoms with Crippen LogP contribution < -0.4 is 10.1 Å². The van der Waals surface area contributed by atoms with Gasteiger partial charge >= 0.3 is 12.1 Å². The zero-order valence-electron chi connectivity index (χ0n) is 19.0. The van der Waals surface area contributed by atoms with Crippen molar-refractivity contribution in [3.63, 3.8) is 0 Å². The molecule has 0 spiro atoms. The highest BCUT2D eigenvalue weighted by atomic mass is 19.3. The van der Waals surface area contributed by atoms with Crippen molar-refractivity contribution in [1.29, 1.82) is 0 Å². The minimum absolute atomic E-state index is 0.0262. The number of alkyl carbamates (subject to hydrolysis) is 1. The van der Waals surface area contributed by atoms with Crippen LogP contribution in [0.4, 0.5) is 13.6 Å². The first-order valence-electron chi connectivity index (χ1n) is 11.2. The Labute approximate surface area is 194 Å². The van der Waals surface area contributed by atoms with Gasteiger partial charge in [0.05, 0.1) is 35.6 Å². The van der Waals surface area contributed by atoms with Crippen LogP contribution in [0.5, 0.6) is 5.75 Å². The molecule has 1 amide bonds. The Hall–Kier alpha value is -3.31. The summed E-state index contributed by atoms with van der Waals surface area (Å²) in [5, 5.41) is 20.0. The number of carbonyl (C=O) groups excluding carboxylic acids is 1. The lowest BCUT2D eigenvalue weighted by molar-refractivity contribution is -0.145. The summed E-state index contributed by atoms with van der Waals surface area (Å²) in [6, 6.07) is 3.49. The van der Waals surface area contributed by atoms with E-state index in [1.807, 2.05) is 0 Å². The number of aryl methyl sites for hydroxylation is 2. The lowest BCUT2D eigenvalue weighted by Crippen LogP contribution is -2.44. The number of aromatic nitrogens is 4. The number of hydrogen-bond donors (Lipinski definition) is 2. The second-order valence-corrected chi connectivity index (χ2v) is 8.88. The maximum atomic E-state index is 12.9. The van der Waals surface area contributed by atoms with E-state index in [-0.39, 0.29) is 12.6 Å². The Kier molecular flexibility index (Phi) is 6.67. The monoisotopic (exact) mass is 479 g/mol. The molecule has 2 heterocycles. The van der Waals surface area contributed by atoms with Gasteiger partial charge < -0.3 is 19.9 Å². The number of rotatable bonds is 7. The predicted octanol–water partition coefficient (Wildman–Crippen LogP) is 3.23. The molecule has 0 radical (unpaired) electrons. The molecule has 0 aromatic carbocycles. The first kappa shape index (κ1) is 23.8. The fourth-order valence-electron chi connectivity index (χ4n) is 4.27. The van der Waals surface area contributed by atoms with Gasteiger partial charge in [0.15, 0.2) is 0 Å². The van der Waals surface area contributed by atoms with Crippen molar-refractivity contribution in [3.05, 3.63) is 23.5 Å². The number of ether oxygens (including phenoxy) is 2. The molecule has 2 atom stereocenters. The number of aliphatic carboxylic acids is 1. The van der Waals surface area contributed by atoms with E-state index in [1.54, 1.807) is 26.1 Å². The van der Waals surface area contributed by atoms with Crippen molar-refractivity contribution in [2.45, 2.75) is 70.1 Å². The third-order valence-corrected chi connectivity index (χ3v) is 6.22. The lowest BCUT2D eigenvalue weighted by atomic mass is 9.87. The van der Waals surface area contributed by atoms with Gasteiger partial charge in [-0.15, -0.1) is 5.10 Å². The van der Waals surface area contributed by atoms with Gasteiger partial charge in [-0.1, -0.05) is 5.21 Å². The Morgan fingerprint density at radius 3 is 2.71 bits per heavy atom. The summed E-state index contributed by atoms with van der Waals surface area (Å²) in [6.07, 6.45) is 0.0363. The number of nitrogens with one attached hydrogen (secondary N) is 1. The van der Waals surface area contributed by atoms with Crippen molar-refractivity contribution < 1.29 is 33.0 Å².